The topological polar surface area (TPSA) is 44.5 Å². The Morgan fingerprint density at radius 3 is 2.64 bits per heavy atom. The smallest absolute Gasteiger partial charge is 0.165 e. The second-order valence-electron chi connectivity index (χ2n) is 2.96. The van der Waals surface area contributed by atoms with E-state index in [1.54, 1.807) is 19.2 Å². The normalized spacial score (nSPS) is 12.6. The Bertz CT molecular complexity index is 304. The van der Waals surface area contributed by atoms with Crippen LogP contribution in [0.2, 0.25) is 0 Å². The molecule has 0 aromatic heterocycles. The highest BCUT2D eigenvalue weighted by Crippen LogP contribution is 2.20. The highest BCUT2D eigenvalue weighted by atomic mass is 19.1. The fraction of sp³-hybridized carbons (Fsp3) is 0.400. The fourth-order valence-corrected chi connectivity index (χ4v) is 1.19. The van der Waals surface area contributed by atoms with Crippen molar-refractivity contribution in [1.29, 1.82) is 0 Å². The van der Waals surface area contributed by atoms with E-state index in [9.17, 15) is 4.39 Å². The number of hydrogen-bond acceptors (Lipinski definition) is 3. The van der Waals surface area contributed by atoms with Crippen LogP contribution in [-0.2, 0) is 4.74 Å². The van der Waals surface area contributed by atoms with Crippen molar-refractivity contribution in [3.05, 3.63) is 29.6 Å². The fourth-order valence-electron chi connectivity index (χ4n) is 1.19. The first-order valence-electron chi connectivity index (χ1n) is 4.27. The van der Waals surface area contributed by atoms with Crippen molar-refractivity contribution in [2.24, 2.45) is 5.73 Å². The Morgan fingerprint density at radius 1 is 1.43 bits per heavy atom. The molecule has 0 fully saturated rings. The second-order valence-corrected chi connectivity index (χ2v) is 2.96. The lowest BCUT2D eigenvalue weighted by Gasteiger charge is -2.11. The summed E-state index contributed by atoms with van der Waals surface area (Å²) in [5.41, 5.74) is 6.43. The minimum absolute atomic E-state index is 0.221. The minimum atomic E-state index is -0.406. The molecule has 1 aromatic rings. The zero-order chi connectivity index (χ0) is 10.6. The average molecular weight is 199 g/mol. The summed E-state index contributed by atoms with van der Waals surface area (Å²) in [6.45, 7) is 0.367. The third-order valence-electron chi connectivity index (χ3n) is 1.95. The second kappa shape index (κ2) is 4.93. The molecule has 0 amide bonds. The number of halogens is 1. The third-order valence-corrected chi connectivity index (χ3v) is 1.95. The van der Waals surface area contributed by atoms with Crippen LogP contribution in [0.15, 0.2) is 18.2 Å². The van der Waals surface area contributed by atoms with E-state index in [4.69, 9.17) is 15.2 Å². The van der Waals surface area contributed by atoms with Gasteiger partial charge in [-0.25, -0.2) is 4.39 Å². The monoisotopic (exact) mass is 199 g/mol. The van der Waals surface area contributed by atoms with Gasteiger partial charge in [-0.05, 0) is 17.7 Å². The van der Waals surface area contributed by atoms with Crippen LogP contribution < -0.4 is 10.5 Å². The first-order chi connectivity index (χ1) is 6.69. The zero-order valence-electron chi connectivity index (χ0n) is 8.29. The first-order valence-corrected chi connectivity index (χ1v) is 4.27. The summed E-state index contributed by atoms with van der Waals surface area (Å²) in [5, 5.41) is 0. The molecule has 0 aliphatic carbocycles. The van der Waals surface area contributed by atoms with Crippen LogP contribution in [0.25, 0.3) is 0 Å². The maximum absolute atomic E-state index is 13.2. The number of rotatable bonds is 4. The van der Waals surface area contributed by atoms with Gasteiger partial charge >= 0.3 is 0 Å². The maximum atomic E-state index is 13.2. The molecule has 14 heavy (non-hydrogen) atoms. The number of nitrogens with two attached hydrogens (primary N) is 1. The van der Waals surface area contributed by atoms with Gasteiger partial charge in [-0.3, -0.25) is 0 Å². The van der Waals surface area contributed by atoms with Gasteiger partial charge in [0.1, 0.15) is 0 Å². The van der Waals surface area contributed by atoms with Crippen molar-refractivity contribution in [3.8, 4) is 5.75 Å². The molecule has 0 saturated heterocycles. The summed E-state index contributed by atoms with van der Waals surface area (Å²) in [6, 6.07) is 4.34. The molecule has 0 aliphatic rings. The molecular formula is C10H14FNO2. The molecule has 0 saturated carbocycles. The molecule has 1 unspecified atom stereocenters. The van der Waals surface area contributed by atoms with Crippen LogP contribution in [0, 0.1) is 5.82 Å². The Labute approximate surface area is 82.6 Å². The molecule has 1 aromatic carbocycles. The van der Waals surface area contributed by atoms with Crippen LogP contribution in [0.3, 0.4) is 0 Å². The third kappa shape index (κ3) is 2.43. The number of hydrogen-bond donors (Lipinski definition) is 1. The van der Waals surface area contributed by atoms with E-state index >= 15 is 0 Å². The molecule has 2 N–H and O–H groups in total. The summed E-state index contributed by atoms with van der Waals surface area (Å²) < 4.78 is 22.9. The Hall–Kier alpha value is -1.13. The summed E-state index contributed by atoms with van der Waals surface area (Å²) in [4.78, 5) is 0. The number of methoxy groups -OCH3 is 2. The Morgan fingerprint density at radius 2 is 2.14 bits per heavy atom. The molecule has 78 valence electrons. The Balaban J connectivity index is 2.85. The lowest BCUT2D eigenvalue weighted by Crippen LogP contribution is -2.16. The van der Waals surface area contributed by atoms with Crippen LogP contribution in [0.4, 0.5) is 4.39 Å². The number of ether oxygens (including phenoxy) is 2. The standard InChI is InChI=1S/C10H14FNO2/c1-13-6-9(12)7-3-4-10(14-2)8(11)5-7/h3-5,9H,6,12H2,1-2H3. The van der Waals surface area contributed by atoms with Crippen molar-refractivity contribution in [2.45, 2.75) is 6.04 Å². The van der Waals surface area contributed by atoms with Crippen LogP contribution in [0.5, 0.6) is 5.75 Å². The highest BCUT2D eigenvalue weighted by molar-refractivity contribution is 5.30. The Kier molecular flexibility index (Phi) is 3.85. The van der Waals surface area contributed by atoms with Crippen molar-refractivity contribution >= 4 is 0 Å². The van der Waals surface area contributed by atoms with Crippen LogP contribution >= 0.6 is 0 Å². The van der Waals surface area contributed by atoms with E-state index in [1.807, 2.05) is 0 Å². The lowest BCUT2D eigenvalue weighted by molar-refractivity contribution is 0.180. The molecule has 0 spiro atoms. The van der Waals surface area contributed by atoms with Gasteiger partial charge in [0.05, 0.1) is 19.8 Å². The quantitative estimate of drug-likeness (QED) is 0.798. The molecule has 0 radical (unpaired) electrons. The van der Waals surface area contributed by atoms with Gasteiger partial charge in [0.2, 0.25) is 0 Å². The van der Waals surface area contributed by atoms with Gasteiger partial charge in [0, 0.05) is 7.11 Å². The zero-order valence-corrected chi connectivity index (χ0v) is 8.29. The van der Waals surface area contributed by atoms with Gasteiger partial charge < -0.3 is 15.2 Å². The highest BCUT2D eigenvalue weighted by Gasteiger charge is 2.09. The summed E-state index contributed by atoms with van der Waals surface area (Å²) in [6.07, 6.45) is 0. The average Bonchev–Trinajstić information content (AvgIpc) is 2.18. The number of benzene rings is 1. The summed E-state index contributed by atoms with van der Waals surface area (Å²) in [7, 11) is 2.98. The van der Waals surface area contributed by atoms with Crippen LogP contribution in [0.1, 0.15) is 11.6 Å². The van der Waals surface area contributed by atoms with E-state index in [2.05, 4.69) is 0 Å². The van der Waals surface area contributed by atoms with Crippen molar-refractivity contribution in [2.75, 3.05) is 20.8 Å². The van der Waals surface area contributed by atoms with E-state index in [0.717, 1.165) is 0 Å². The van der Waals surface area contributed by atoms with E-state index in [0.29, 0.717) is 12.2 Å². The molecule has 0 heterocycles. The lowest BCUT2D eigenvalue weighted by atomic mass is 10.1. The molecule has 0 bridgehead atoms. The molecule has 3 nitrogen and oxygen atoms in total. The van der Waals surface area contributed by atoms with Crippen molar-refractivity contribution in [1.82, 2.24) is 0 Å². The minimum Gasteiger partial charge on any atom is -0.494 e. The van der Waals surface area contributed by atoms with Crippen molar-refractivity contribution in [3.63, 3.8) is 0 Å². The summed E-state index contributed by atoms with van der Waals surface area (Å²) >= 11 is 0. The predicted octanol–water partition coefficient (Wildman–Crippen LogP) is 1.48. The van der Waals surface area contributed by atoms with E-state index in [1.165, 1.54) is 13.2 Å². The van der Waals surface area contributed by atoms with Gasteiger partial charge in [-0.2, -0.15) is 0 Å². The van der Waals surface area contributed by atoms with Crippen LogP contribution in [-0.4, -0.2) is 20.8 Å². The van der Waals surface area contributed by atoms with E-state index in [-0.39, 0.29) is 11.8 Å². The van der Waals surface area contributed by atoms with Crippen molar-refractivity contribution < 1.29 is 13.9 Å². The maximum Gasteiger partial charge on any atom is 0.165 e. The molecule has 4 heteroatoms. The SMILES string of the molecule is COCC(N)c1ccc(OC)c(F)c1. The van der Waals surface area contributed by atoms with Gasteiger partial charge in [-0.1, -0.05) is 6.07 Å². The predicted molar refractivity (Wildman–Crippen MR) is 51.8 cm³/mol. The molecule has 0 aliphatic heterocycles. The van der Waals surface area contributed by atoms with Gasteiger partial charge in [-0.15, -0.1) is 0 Å². The first kappa shape index (κ1) is 10.9. The van der Waals surface area contributed by atoms with E-state index < -0.39 is 5.82 Å². The van der Waals surface area contributed by atoms with Gasteiger partial charge in [0.25, 0.3) is 0 Å². The molecular weight excluding hydrogens is 185 g/mol. The largest absolute Gasteiger partial charge is 0.494 e. The molecule has 1 atom stereocenters. The molecule has 1 rings (SSSR count). The van der Waals surface area contributed by atoms with Gasteiger partial charge in [0.15, 0.2) is 11.6 Å². The summed E-state index contributed by atoms with van der Waals surface area (Å²) in [5.74, 6) is -0.185.